The Morgan fingerprint density at radius 2 is 2.22 bits per heavy atom. The van der Waals surface area contributed by atoms with Crippen molar-refractivity contribution in [1.82, 2.24) is 0 Å². The first kappa shape index (κ1) is 11.5. The van der Waals surface area contributed by atoms with E-state index in [1.165, 1.54) is 18.5 Å². The molecule has 96 valence electrons. The lowest BCUT2D eigenvalue weighted by molar-refractivity contribution is -0.115. The van der Waals surface area contributed by atoms with Crippen LogP contribution in [0.3, 0.4) is 0 Å². The number of carbonyl (C=O) groups is 1. The summed E-state index contributed by atoms with van der Waals surface area (Å²) in [4.78, 5) is 13.6. The molecule has 1 saturated carbocycles. The van der Waals surface area contributed by atoms with Crippen LogP contribution in [0.1, 0.15) is 18.4 Å². The van der Waals surface area contributed by atoms with Crippen LogP contribution < -0.4 is 16.0 Å². The third-order valence-electron chi connectivity index (χ3n) is 4.12. The minimum atomic E-state index is 0.0884. The largest absolute Gasteiger partial charge is 0.374 e. The number of benzene rings is 1. The van der Waals surface area contributed by atoms with Crippen molar-refractivity contribution < 1.29 is 4.79 Å². The molecule has 3 N–H and O–H groups in total. The number of nitrogens with zero attached hydrogens (tertiary/aromatic N) is 1. The number of anilines is 2. The maximum atomic E-state index is 11.3. The molecule has 3 rings (SSSR count). The second-order valence-corrected chi connectivity index (χ2v) is 5.63. The molecule has 0 saturated heterocycles. The van der Waals surface area contributed by atoms with Crippen molar-refractivity contribution in [3.8, 4) is 0 Å². The van der Waals surface area contributed by atoms with Crippen molar-refractivity contribution in [3.05, 3.63) is 23.8 Å². The lowest BCUT2D eigenvalue weighted by Crippen LogP contribution is -2.31. The van der Waals surface area contributed by atoms with E-state index in [4.69, 9.17) is 5.73 Å². The molecule has 0 aromatic heterocycles. The Kier molecular flexibility index (Phi) is 2.55. The summed E-state index contributed by atoms with van der Waals surface area (Å²) < 4.78 is 0. The molecule has 0 unspecified atom stereocenters. The Morgan fingerprint density at radius 3 is 2.89 bits per heavy atom. The summed E-state index contributed by atoms with van der Waals surface area (Å²) in [5, 5.41) is 2.86. The van der Waals surface area contributed by atoms with Gasteiger partial charge in [-0.25, -0.2) is 0 Å². The molecule has 1 fully saturated rings. The number of carbonyl (C=O) groups excluding carboxylic acids is 1. The molecular weight excluding hydrogens is 226 g/mol. The van der Waals surface area contributed by atoms with Crippen LogP contribution in [0.2, 0.25) is 0 Å². The fraction of sp³-hybridized carbons (Fsp3) is 0.500. The molecule has 1 aliphatic carbocycles. The average molecular weight is 245 g/mol. The van der Waals surface area contributed by atoms with Crippen LogP contribution in [-0.2, 0) is 11.2 Å². The first-order valence-corrected chi connectivity index (χ1v) is 6.46. The van der Waals surface area contributed by atoms with Gasteiger partial charge in [-0.15, -0.1) is 0 Å². The fourth-order valence-electron chi connectivity index (χ4n) is 2.65. The Morgan fingerprint density at radius 1 is 1.44 bits per heavy atom. The summed E-state index contributed by atoms with van der Waals surface area (Å²) >= 11 is 0. The predicted octanol–water partition coefficient (Wildman–Crippen LogP) is 1.36. The van der Waals surface area contributed by atoms with Crippen molar-refractivity contribution >= 4 is 17.3 Å². The summed E-state index contributed by atoms with van der Waals surface area (Å²) in [6.07, 6.45) is 2.97. The third-order valence-corrected chi connectivity index (χ3v) is 4.12. The van der Waals surface area contributed by atoms with Crippen molar-refractivity contribution in [2.45, 2.75) is 19.3 Å². The normalized spacial score (nSPS) is 19.3. The molecule has 1 amide bonds. The Labute approximate surface area is 107 Å². The monoisotopic (exact) mass is 245 g/mol. The Bertz CT molecular complexity index is 494. The summed E-state index contributed by atoms with van der Waals surface area (Å²) in [7, 11) is 2.10. The van der Waals surface area contributed by atoms with Crippen molar-refractivity contribution in [1.29, 1.82) is 0 Å². The number of fused-ring (bicyclic) bond motifs is 1. The quantitative estimate of drug-likeness (QED) is 0.842. The molecule has 18 heavy (non-hydrogen) atoms. The molecular formula is C14H19N3O. The van der Waals surface area contributed by atoms with E-state index in [0.717, 1.165) is 24.3 Å². The van der Waals surface area contributed by atoms with Crippen molar-refractivity contribution in [3.63, 3.8) is 0 Å². The van der Waals surface area contributed by atoms with Gasteiger partial charge in [0, 0.05) is 30.4 Å². The minimum Gasteiger partial charge on any atom is -0.374 e. The van der Waals surface area contributed by atoms with Crippen molar-refractivity contribution in [2.75, 3.05) is 30.4 Å². The number of nitrogens with one attached hydrogen (secondary N) is 1. The lowest BCUT2D eigenvalue weighted by Gasteiger charge is -2.25. The second kappa shape index (κ2) is 3.99. The zero-order chi connectivity index (χ0) is 12.8. The van der Waals surface area contributed by atoms with Crippen LogP contribution in [0.25, 0.3) is 0 Å². The Balaban J connectivity index is 1.77. The summed E-state index contributed by atoms with van der Waals surface area (Å²) in [5.41, 5.74) is 9.38. The molecule has 1 aromatic carbocycles. The van der Waals surface area contributed by atoms with Gasteiger partial charge in [-0.05, 0) is 43.1 Å². The lowest BCUT2D eigenvalue weighted by atomic mass is 10.1. The molecule has 1 heterocycles. The van der Waals surface area contributed by atoms with Crippen LogP contribution in [0.5, 0.6) is 0 Å². The van der Waals surface area contributed by atoms with Gasteiger partial charge in [0.15, 0.2) is 0 Å². The zero-order valence-corrected chi connectivity index (χ0v) is 10.7. The molecule has 0 bridgehead atoms. The average Bonchev–Trinajstić information content (AvgIpc) is 3.01. The van der Waals surface area contributed by atoms with Gasteiger partial charge in [0.25, 0.3) is 0 Å². The minimum absolute atomic E-state index is 0.0884. The molecule has 0 radical (unpaired) electrons. The molecule has 1 aliphatic heterocycles. The van der Waals surface area contributed by atoms with Gasteiger partial charge in [-0.2, -0.15) is 0 Å². The van der Waals surface area contributed by atoms with Gasteiger partial charge in [-0.1, -0.05) is 0 Å². The maximum Gasteiger partial charge on any atom is 0.228 e. The van der Waals surface area contributed by atoms with Gasteiger partial charge < -0.3 is 16.0 Å². The van der Waals surface area contributed by atoms with E-state index < -0.39 is 0 Å². The van der Waals surface area contributed by atoms with Crippen LogP contribution in [0, 0.1) is 5.41 Å². The van der Waals surface area contributed by atoms with E-state index >= 15 is 0 Å². The predicted molar refractivity (Wildman–Crippen MR) is 72.8 cm³/mol. The first-order chi connectivity index (χ1) is 8.62. The number of hydrogen-bond donors (Lipinski definition) is 2. The van der Waals surface area contributed by atoms with E-state index in [1.54, 1.807) is 0 Å². The standard InChI is InChI=1S/C14H19N3O/c1-17(9-14(8-15)4-5-14)11-2-3-12-10(6-11)7-13(18)16-12/h2-3,6H,4-5,7-9,15H2,1H3,(H,16,18). The number of amides is 1. The first-order valence-electron chi connectivity index (χ1n) is 6.46. The Hall–Kier alpha value is -1.55. The van der Waals surface area contributed by atoms with Crippen LogP contribution in [0.15, 0.2) is 18.2 Å². The maximum absolute atomic E-state index is 11.3. The molecule has 2 aliphatic rings. The highest BCUT2D eigenvalue weighted by molar-refractivity contribution is 5.99. The van der Waals surface area contributed by atoms with Crippen LogP contribution >= 0.6 is 0 Å². The number of hydrogen-bond acceptors (Lipinski definition) is 3. The SMILES string of the molecule is CN(CC1(CN)CC1)c1ccc2c(c1)CC(=O)N2. The fourth-order valence-corrected chi connectivity index (χ4v) is 2.65. The highest BCUT2D eigenvalue weighted by atomic mass is 16.1. The molecule has 4 nitrogen and oxygen atoms in total. The van der Waals surface area contributed by atoms with Crippen molar-refractivity contribution in [2.24, 2.45) is 11.1 Å². The molecule has 4 heteroatoms. The van der Waals surface area contributed by atoms with E-state index in [0.29, 0.717) is 11.8 Å². The van der Waals surface area contributed by atoms with Crippen LogP contribution in [0.4, 0.5) is 11.4 Å². The van der Waals surface area contributed by atoms with Gasteiger partial charge in [0.05, 0.1) is 6.42 Å². The zero-order valence-electron chi connectivity index (χ0n) is 10.7. The second-order valence-electron chi connectivity index (χ2n) is 5.63. The van der Waals surface area contributed by atoms with E-state index in [-0.39, 0.29) is 5.91 Å². The smallest absolute Gasteiger partial charge is 0.228 e. The van der Waals surface area contributed by atoms with E-state index in [9.17, 15) is 4.79 Å². The van der Waals surface area contributed by atoms with E-state index in [2.05, 4.69) is 29.4 Å². The summed E-state index contributed by atoms with van der Waals surface area (Å²) in [6.45, 7) is 1.77. The van der Waals surface area contributed by atoms with Gasteiger partial charge in [0.2, 0.25) is 5.91 Å². The summed E-state index contributed by atoms with van der Waals surface area (Å²) in [6, 6.07) is 6.17. The topological polar surface area (TPSA) is 58.4 Å². The van der Waals surface area contributed by atoms with Gasteiger partial charge >= 0.3 is 0 Å². The number of rotatable bonds is 4. The highest BCUT2D eigenvalue weighted by Crippen LogP contribution is 2.45. The number of nitrogens with two attached hydrogens (primary N) is 1. The van der Waals surface area contributed by atoms with Gasteiger partial charge in [-0.3, -0.25) is 4.79 Å². The van der Waals surface area contributed by atoms with Gasteiger partial charge in [0.1, 0.15) is 0 Å². The molecule has 1 aromatic rings. The molecule has 0 atom stereocenters. The van der Waals surface area contributed by atoms with Crippen LogP contribution in [-0.4, -0.2) is 26.0 Å². The highest BCUT2D eigenvalue weighted by Gasteiger charge is 2.42. The molecule has 0 spiro atoms. The van der Waals surface area contributed by atoms with E-state index in [1.807, 2.05) is 6.07 Å². The third kappa shape index (κ3) is 1.97. The summed E-state index contributed by atoms with van der Waals surface area (Å²) in [5.74, 6) is 0.0884.